The van der Waals surface area contributed by atoms with Crippen LogP contribution in [0, 0.1) is 0 Å². The van der Waals surface area contributed by atoms with Gasteiger partial charge in [0.15, 0.2) is 9.84 Å². The number of rotatable bonds is 5. The zero-order valence-corrected chi connectivity index (χ0v) is 13.3. The Morgan fingerprint density at radius 2 is 1.38 bits per heavy atom. The first-order chi connectivity index (χ1) is 9.88. The molecule has 0 radical (unpaired) electrons. The quantitative estimate of drug-likeness (QED) is 0.922. The molecule has 2 aromatic rings. The van der Waals surface area contributed by atoms with E-state index in [1.807, 2.05) is 24.3 Å². The standard InChI is InChI=1S/C16H20N2O2S/c1-12(18-13(2)15-8-10-17-11-9-15)14-4-6-16(7-5-14)21(3,19)20/h4-13,18H,1-3H3/t12?,13-/m0/s1. The van der Waals surface area contributed by atoms with Gasteiger partial charge in [-0.25, -0.2) is 8.42 Å². The first-order valence-corrected chi connectivity index (χ1v) is 8.73. The SMILES string of the molecule is CC(N[C@@H](C)c1ccncc1)c1ccc(S(C)(=O)=O)cc1. The highest BCUT2D eigenvalue weighted by Gasteiger charge is 2.12. The van der Waals surface area contributed by atoms with Gasteiger partial charge < -0.3 is 5.32 Å². The Morgan fingerprint density at radius 3 is 1.86 bits per heavy atom. The lowest BCUT2D eigenvalue weighted by molar-refractivity contribution is 0.494. The van der Waals surface area contributed by atoms with E-state index in [9.17, 15) is 8.42 Å². The van der Waals surface area contributed by atoms with Crippen molar-refractivity contribution >= 4 is 9.84 Å². The highest BCUT2D eigenvalue weighted by Crippen LogP contribution is 2.20. The van der Waals surface area contributed by atoms with Crippen LogP contribution in [0.4, 0.5) is 0 Å². The van der Waals surface area contributed by atoms with Gasteiger partial charge in [-0.1, -0.05) is 12.1 Å². The molecule has 1 unspecified atom stereocenters. The van der Waals surface area contributed by atoms with Gasteiger partial charge in [-0.15, -0.1) is 0 Å². The third-order valence-electron chi connectivity index (χ3n) is 3.51. The van der Waals surface area contributed by atoms with Gasteiger partial charge in [0.05, 0.1) is 4.90 Å². The molecule has 0 aliphatic heterocycles. The van der Waals surface area contributed by atoms with Crippen LogP contribution in [0.15, 0.2) is 53.7 Å². The van der Waals surface area contributed by atoms with Crippen LogP contribution >= 0.6 is 0 Å². The molecule has 21 heavy (non-hydrogen) atoms. The van der Waals surface area contributed by atoms with Crippen molar-refractivity contribution in [2.75, 3.05) is 6.26 Å². The Kier molecular flexibility index (Phi) is 4.75. The number of pyridine rings is 1. The molecule has 0 amide bonds. The van der Waals surface area contributed by atoms with Crippen molar-refractivity contribution in [2.45, 2.75) is 30.8 Å². The summed E-state index contributed by atoms with van der Waals surface area (Å²) >= 11 is 0. The molecule has 0 spiro atoms. The summed E-state index contributed by atoms with van der Waals surface area (Å²) in [6.07, 6.45) is 4.77. The molecule has 1 heterocycles. The number of hydrogen-bond donors (Lipinski definition) is 1. The average molecular weight is 304 g/mol. The average Bonchev–Trinajstić information content (AvgIpc) is 2.47. The number of hydrogen-bond acceptors (Lipinski definition) is 4. The molecule has 112 valence electrons. The minimum atomic E-state index is -3.14. The second-order valence-corrected chi connectivity index (χ2v) is 7.25. The zero-order chi connectivity index (χ0) is 15.5. The molecule has 4 nitrogen and oxygen atoms in total. The Bertz CT molecular complexity index is 682. The lowest BCUT2D eigenvalue weighted by atomic mass is 10.1. The van der Waals surface area contributed by atoms with E-state index in [0.29, 0.717) is 4.90 Å². The molecule has 0 aliphatic rings. The molecular weight excluding hydrogens is 284 g/mol. The predicted molar refractivity (Wildman–Crippen MR) is 83.8 cm³/mol. The van der Waals surface area contributed by atoms with Crippen LogP contribution in [0.25, 0.3) is 0 Å². The lowest BCUT2D eigenvalue weighted by Gasteiger charge is -2.20. The van der Waals surface area contributed by atoms with Crippen molar-refractivity contribution in [3.05, 3.63) is 59.9 Å². The van der Waals surface area contributed by atoms with Crippen LogP contribution < -0.4 is 5.32 Å². The molecular formula is C16H20N2O2S. The van der Waals surface area contributed by atoms with Crippen LogP contribution in [-0.4, -0.2) is 19.7 Å². The second kappa shape index (κ2) is 6.37. The molecule has 1 aromatic heterocycles. The summed E-state index contributed by atoms with van der Waals surface area (Å²) in [6.45, 7) is 4.16. The van der Waals surface area contributed by atoms with Crippen LogP contribution in [0.3, 0.4) is 0 Å². The fourth-order valence-corrected chi connectivity index (χ4v) is 2.85. The van der Waals surface area contributed by atoms with Crippen LogP contribution in [0.1, 0.15) is 37.1 Å². The van der Waals surface area contributed by atoms with E-state index in [0.717, 1.165) is 5.56 Å². The summed E-state index contributed by atoms with van der Waals surface area (Å²) in [4.78, 5) is 4.36. The van der Waals surface area contributed by atoms with E-state index in [2.05, 4.69) is 24.1 Å². The summed E-state index contributed by atoms with van der Waals surface area (Å²) in [5.41, 5.74) is 2.23. The molecule has 5 heteroatoms. The third-order valence-corrected chi connectivity index (χ3v) is 4.64. The van der Waals surface area contributed by atoms with Crippen molar-refractivity contribution in [1.29, 1.82) is 0 Å². The van der Waals surface area contributed by atoms with E-state index in [1.165, 1.54) is 11.8 Å². The molecule has 0 aliphatic carbocycles. The fraction of sp³-hybridized carbons (Fsp3) is 0.312. The summed E-state index contributed by atoms with van der Waals surface area (Å²) in [5, 5.41) is 3.49. The van der Waals surface area contributed by atoms with Crippen molar-refractivity contribution in [3.63, 3.8) is 0 Å². The summed E-state index contributed by atoms with van der Waals surface area (Å²) in [7, 11) is -3.14. The van der Waals surface area contributed by atoms with Crippen LogP contribution in [0.5, 0.6) is 0 Å². The monoisotopic (exact) mass is 304 g/mol. The molecule has 2 rings (SSSR count). The largest absolute Gasteiger partial charge is 0.304 e. The van der Waals surface area contributed by atoms with Gasteiger partial charge in [0.25, 0.3) is 0 Å². The topological polar surface area (TPSA) is 59.1 Å². The van der Waals surface area contributed by atoms with Gasteiger partial charge in [-0.3, -0.25) is 4.98 Å². The first-order valence-electron chi connectivity index (χ1n) is 6.84. The first kappa shape index (κ1) is 15.7. The molecule has 2 atom stereocenters. The molecule has 1 aromatic carbocycles. The van der Waals surface area contributed by atoms with Gasteiger partial charge in [0.1, 0.15) is 0 Å². The molecule has 0 bridgehead atoms. The number of aromatic nitrogens is 1. The number of sulfone groups is 1. The minimum absolute atomic E-state index is 0.127. The van der Waals surface area contributed by atoms with E-state index in [1.54, 1.807) is 24.5 Å². The minimum Gasteiger partial charge on any atom is -0.304 e. The van der Waals surface area contributed by atoms with Crippen molar-refractivity contribution in [3.8, 4) is 0 Å². The second-order valence-electron chi connectivity index (χ2n) is 5.23. The normalized spacial score (nSPS) is 14.6. The van der Waals surface area contributed by atoms with Gasteiger partial charge >= 0.3 is 0 Å². The van der Waals surface area contributed by atoms with Gasteiger partial charge in [0, 0.05) is 30.7 Å². The molecule has 1 N–H and O–H groups in total. The zero-order valence-electron chi connectivity index (χ0n) is 12.4. The Labute approximate surface area is 126 Å². The Morgan fingerprint density at radius 1 is 0.905 bits per heavy atom. The Hall–Kier alpha value is -1.72. The number of nitrogens with zero attached hydrogens (tertiary/aromatic N) is 1. The van der Waals surface area contributed by atoms with Gasteiger partial charge in [-0.2, -0.15) is 0 Å². The molecule has 0 fully saturated rings. The predicted octanol–water partition coefficient (Wildman–Crippen LogP) is 2.90. The lowest BCUT2D eigenvalue weighted by Crippen LogP contribution is -2.22. The maximum Gasteiger partial charge on any atom is 0.175 e. The van der Waals surface area contributed by atoms with E-state index in [4.69, 9.17) is 0 Å². The van der Waals surface area contributed by atoms with Crippen molar-refractivity contribution < 1.29 is 8.42 Å². The van der Waals surface area contributed by atoms with E-state index >= 15 is 0 Å². The smallest absolute Gasteiger partial charge is 0.175 e. The highest BCUT2D eigenvalue weighted by atomic mass is 32.2. The number of benzene rings is 1. The van der Waals surface area contributed by atoms with E-state index < -0.39 is 9.84 Å². The van der Waals surface area contributed by atoms with Crippen LogP contribution in [0.2, 0.25) is 0 Å². The summed E-state index contributed by atoms with van der Waals surface area (Å²) in [5.74, 6) is 0. The van der Waals surface area contributed by atoms with Gasteiger partial charge in [0.2, 0.25) is 0 Å². The van der Waals surface area contributed by atoms with Gasteiger partial charge in [-0.05, 0) is 49.2 Å². The van der Waals surface area contributed by atoms with Crippen molar-refractivity contribution in [2.24, 2.45) is 0 Å². The van der Waals surface area contributed by atoms with Crippen LogP contribution in [-0.2, 0) is 9.84 Å². The highest BCUT2D eigenvalue weighted by molar-refractivity contribution is 7.90. The van der Waals surface area contributed by atoms with E-state index in [-0.39, 0.29) is 12.1 Å². The number of nitrogens with one attached hydrogen (secondary N) is 1. The maximum absolute atomic E-state index is 11.5. The Balaban J connectivity index is 2.08. The van der Waals surface area contributed by atoms with Crippen molar-refractivity contribution in [1.82, 2.24) is 10.3 Å². The summed E-state index contributed by atoms with van der Waals surface area (Å²) < 4.78 is 22.9. The molecule has 0 saturated carbocycles. The summed E-state index contributed by atoms with van der Waals surface area (Å²) in [6, 6.07) is 11.3. The molecule has 0 saturated heterocycles. The maximum atomic E-state index is 11.5. The fourth-order valence-electron chi connectivity index (χ4n) is 2.22. The third kappa shape index (κ3) is 4.12.